The van der Waals surface area contributed by atoms with Gasteiger partial charge in [-0.1, -0.05) is 58.8 Å². The van der Waals surface area contributed by atoms with Crippen molar-refractivity contribution in [3.8, 4) is 0 Å². The topological polar surface area (TPSA) is 81.2 Å². The molecular weight excluding hydrogens is 278 g/mol. The van der Waals surface area contributed by atoms with Gasteiger partial charge in [0.25, 0.3) is 5.91 Å². The highest BCUT2D eigenvalue weighted by Gasteiger charge is 2.15. The minimum absolute atomic E-state index is 0.176. The molecule has 1 aromatic rings. The first-order chi connectivity index (χ1) is 10.7. The average Bonchev–Trinajstić information content (AvgIpc) is 3.00. The molecule has 3 N–H and O–H groups in total. The van der Waals surface area contributed by atoms with Crippen LogP contribution in [0.2, 0.25) is 0 Å². The lowest BCUT2D eigenvalue weighted by Crippen LogP contribution is -2.25. The Hall–Kier alpha value is -1.36. The minimum atomic E-state index is -0.227. The summed E-state index contributed by atoms with van der Waals surface area (Å²) in [7, 11) is 0. The Bertz CT molecular complexity index is 418. The van der Waals surface area contributed by atoms with E-state index in [2.05, 4.69) is 24.1 Å². The second-order valence-electron chi connectivity index (χ2n) is 5.84. The maximum absolute atomic E-state index is 11.9. The normalized spacial score (nSPS) is 12.3. The Morgan fingerprint density at radius 1 is 1.18 bits per heavy atom. The quantitative estimate of drug-likeness (QED) is 0.573. The summed E-state index contributed by atoms with van der Waals surface area (Å²) < 4.78 is 5.29. The van der Waals surface area contributed by atoms with Crippen molar-refractivity contribution in [2.45, 2.75) is 77.7 Å². The highest BCUT2D eigenvalue weighted by molar-refractivity contribution is 5.91. The SMILES string of the molecule is CCCCCCCCCNC(=O)c1coc(C(N)CCC)n1. The summed E-state index contributed by atoms with van der Waals surface area (Å²) in [6.45, 7) is 4.97. The molecule has 0 aliphatic carbocycles. The fourth-order valence-electron chi connectivity index (χ4n) is 2.37. The number of hydrogen-bond acceptors (Lipinski definition) is 4. The van der Waals surface area contributed by atoms with Crippen LogP contribution in [0.3, 0.4) is 0 Å². The number of hydrogen-bond donors (Lipinski definition) is 2. The maximum Gasteiger partial charge on any atom is 0.273 e. The standard InChI is InChI=1S/C17H31N3O2/c1-3-5-6-7-8-9-10-12-19-16(21)15-13-22-17(20-15)14(18)11-4-2/h13-14H,3-12,18H2,1-2H3,(H,19,21). The molecule has 126 valence electrons. The first kappa shape index (κ1) is 18.7. The molecule has 1 atom stereocenters. The summed E-state index contributed by atoms with van der Waals surface area (Å²) in [5.41, 5.74) is 6.24. The number of rotatable bonds is 12. The fraction of sp³-hybridized carbons (Fsp3) is 0.765. The largest absolute Gasteiger partial charge is 0.446 e. The van der Waals surface area contributed by atoms with Crippen LogP contribution in [0.5, 0.6) is 0 Å². The summed E-state index contributed by atoms with van der Waals surface area (Å²) in [5, 5.41) is 2.88. The smallest absolute Gasteiger partial charge is 0.273 e. The molecule has 0 radical (unpaired) electrons. The zero-order valence-corrected chi connectivity index (χ0v) is 14.1. The maximum atomic E-state index is 11.9. The van der Waals surface area contributed by atoms with E-state index in [0.29, 0.717) is 18.1 Å². The van der Waals surface area contributed by atoms with Crippen molar-refractivity contribution in [3.63, 3.8) is 0 Å². The van der Waals surface area contributed by atoms with Crippen LogP contribution < -0.4 is 11.1 Å². The van der Waals surface area contributed by atoms with Crippen molar-refractivity contribution >= 4 is 5.91 Å². The number of amides is 1. The van der Waals surface area contributed by atoms with Crippen molar-refractivity contribution in [1.29, 1.82) is 0 Å². The van der Waals surface area contributed by atoms with Gasteiger partial charge >= 0.3 is 0 Å². The summed E-state index contributed by atoms with van der Waals surface area (Å²) in [6, 6.07) is -0.227. The molecule has 1 heterocycles. The van der Waals surface area contributed by atoms with Crippen molar-refractivity contribution in [2.24, 2.45) is 5.73 Å². The van der Waals surface area contributed by atoms with Gasteiger partial charge in [-0.2, -0.15) is 0 Å². The van der Waals surface area contributed by atoms with E-state index < -0.39 is 0 Å². The highest BCUT2D eigenvalue weighted by Crippen LogP contribution is 2.15. The van der Waals surface area contributed by atoms with Gasteiger partial charge in [-0.15, -0.1) is 0 Å². The van der Waals surface area contributed by atoms with Gasteiger partial charge in [0, 0.05) is 6.54 Å². The number of nitrogens with one attached hydrogen (secondary N) is 1. The van der Waals surface area contributed by atoms with Gasteiger partial charge < -0.3 is 15.5 Å². The van der Waals surface area contributed by atoms with Crippen molar-refractivity contribution in [2.75, 3.05) is 6.54 Å². The van der Waals surface area contributed by atoms with Crippen LogP contribution in [-0.4, -0.2) is 17.4 Å². The number of carbonyl (C=O) groups excluding carboxylic acids is 1. The molecule has 5 heteroatoms. The molecule has 0 saturated heterocycles. The summed E-state index contributed by atoms with van der Waals surface area (Å²) in [6.07, 6.45) is 11.8. The molecule has 0 aliphatic rings. The minimum Gasteiger partial charge on any atom is -0.446 e. The monoisotopic (exact) mass is 309 g/mol. The Morgan fingerprint density at radius 3 is 2.55 bits per heavy atom. The van der Waals surface area contributed by atoms with Gasteiger partial charge in [-0.05, 0) is 12.8 Å². The molecule has 1 aromatic heterocycles. The van der Waals surface area contributed by atoms with Gasteiger partial charge in [0.15, 0.2) is 5.69 Å². The number of nitrogens with zero attached hydrogens (tertiary/aromatic N) is 1. The first-order valence-electron chi connectivity index (χ1n) is 8.68. The molecule has 1 unspecified atom stereocenters. The van der Waals surface area contributed by atoms with Crippen molar-refractivity contribution < 1.29 is 9.21 Å². The number of unbranched alkanes of at least 4 members (excludes halogenated alkanes) is 6. The van der Waals surface area contributed by atoms with Crippen LogP contribution in [0, 0.1) is 0 Å². The fourth-order valence-corrected chi connectivity index (χ4v) is 2.37. The molecule has 1 rings (SSSR count). The molecular formula is C17H31N3O2. The molecule has 0 fully saturated rings. The van der Waals surface area contributed by atoms with Gasteiger partial charge in [-0.25, -0.2) is 4.98 Å². The molecule has 5 nitrogen and oxygen atoms in total. The van der Waals surface area contributed by atoms with Crippen LogP contribution in [0.15, 0.2) is 10.7 Å². The van der Waals surface area contributed by atoms with Crippen molar-refractivity contribution in [1.82, 2.24) is 10.3 Å². The van der Waals surface area contributed by atoms with Crippen LogP contribution in [0.25, 0.3) is 0 Å². The average molecular weight is 309 g/mol. The number of carbonyl (C=O) groups is 1. The van der Waals surface area contributed by atoms with Crippen LogP contribution >= 0.6 is 0 Å². The van der Waals surface area contributed by atoms with Gasteiger partial charge in [0.1, 0.15) is 6.26 Å². The Kier molecular flexibility index (Phi) is 9.55. The Balaban J connectivity index is 2.17. The Morgan fingerprint density at radius 2 is 1.86 bits per heavy atom. The van der Waals surface area contributed by atoms with E-state index in [0.717, 1.165) is 25.7 Å². The molecule has 0 aromatic carbocycles. The van der Waals surface area contributed by atoms with Crippen LogP contribution in [0.1, 0.15) is 94.1 Å². The van der Waals surface area contributed by atoms with Crippen molar-refractivity contribution in [3.05, 3.63) is 17.8 Å². The lowest BCUT2D eigenvalue weighted by molar-refractivity contribution is 0.0948. The number of aromatic nitrogens is 1. The van der Waals surface area contributed by atoms with Gasteiger partial charge in [0.2, 0.25) is 5.89 Å². The molecule has 1 amide bonds. The zero-order valence-electron chi connectivity index (χ0n) is 14.1. The van der Waals surface area contributed by atoms with E-state index in [-0.39, 0.29) is 11.9 Å². The third kappa shape index (κ3) is 7.07. The summed E-state index contributed by atoms with van der Waals surface area (Å²) in [4.78, 5) is 16.1. The molecule has 22 heavy (non-hydrogen) atoms. The number of nitrogens with two attached hydrogens (primary N) is 1. The lowest BCUT2D eigenvalue weighted by Gasteiger charge is -2.04. The first-order valence-corrected chi connectivity index (χ1v) is 8.68. The van der Waals surface area contributed by atoms with E-state index in [1.54, 1.807) is 0 Å². The lowest BCUT2D eigenvalue weighted by atomic mass is 10.1. The zero-order chi connectivity index (χ0) is 16.2. The summed E-state index contributed by atoms with van der Waals surface area (Å²) >= 11 is 0. The van der Waals surface area contributed by atoms with E-state index in [1.165, 1.54) is 38.4 Å². The predicted octanol–water partition coefficient (Wildman–Crippen LogP) is 3.95. The highest BCUT2D eigenvalue weighted by atomic mass is 16.3. The van der Waals surface area contributed by atoms with E-state index in [4.69, 9.17) is 10.2 Å². The second kappa shape index (κ2) is 11.2. The van der Waals surface area contributed by atoms with Gasteiger partial charge in [-0.3, -0.25) is 4.79 Å². The van der Waals surface area contributed by atoms with Crippen LogP contribution in [0.4, 0.5) is 0 Å². The predicted molar refractivity (Wildman–Crippen MR) is 88.7 cm³/mol. The van der Waals surface area contributed by atoms with Crippen LogP contribution in [-0.2, 0) is 0 Å². The van der Waals surface area contributed by atoms with E-state index >= 15 is 0 Å². The van der Waals surface area contributed by atoms with E-state index in [9.17, 15) is 4.79 Å². The molecule has 0 aliphatic heterocycles. The molecule has 0 spiro atoms. The molecule has 0 bridgehead atoms. The third-order valence-corrected chi connectivity index (χ3v) is 3.74. The van der Waals surface area contributed by atoms with Gasteiger partial charge in [0.05, 0.1) is 6.04 Å². The summed E-state index contributed by atoms with van der Waals surface area (Å²) in [5.74, 6) is 0.271. The number of oxazole rings is 1. The third-order valence-electron chi connectivity index (χ3n) is 3.74. The molecule has 0 saturated carbocycles. The Labute approximate surface area is 134 Å². The second-order valence-corrected chi connectivity index (χ2v) is 5.84. The van der Waals surface area contributed by atoms with E-state index in [1.807, 2.05) is 0 Å².